The average molecular weight is 252 g/mol. The molecule has 0 aliphatic rings. The lowest BCUT2D eigenvalue weighted by molar-refractivity contribution is 0.199. The Morgan fingerprint density at radius 1 is 1.27 bits per heavy atom. The van der Waals surface area contributed by atoms with Crippen LogP contribution in [0.5, 0.6) is 0 Å². The van der Waals surface area contributed by atoms with Crippen LogP contribution in [0.1, 0.15) is 18.6 Å². The van der Waals surface area contributed by atoms with E-state index in [-0.39, 0.29) is 12.4 Å². The summed E-state index contributed by atoms with van der Waals surface area (Å²) in [6.45, 7) is 1.65. The minimum Gasteiger partial charge on any atom is -0.389 e. The Balaban J connectivity index is 0.00000196. The maximum absolute atomic E-state index is 10.9. The van der Waals surface area contributed by atoms with Crippen LogP contribution in [-0.4, -0.2) is 19.8 Å². The predicted octanol–water partition coefficient (Wildman–Crippen LogP) is 1.53. The third-order valence-electron chi connectivity index (χ3n) is 1.70. The second kappa shape index (κ2) is 5.34. The number of hydrogen-bond acceptors (Lipinski definition) is 3. The van der Waals surface area contributed by atoms with Gasteiger partial charge in [-0.1, -0.05) is 12.1 Å². The molecule has 0 saturated carbocycles. The van der Waals surface area contributed by atoms with Crippen LogP contribution < -0.4 is 4.72 Å². The first kappa shape index (κ1) is 14.2. The number of rotatable bonds is 3. The van der Waals surface area contributed by atoms with Crippen LogP contribution in [0.2, 0.25) is 0 Å². The highest BCUT2D eigenvalue weighted by Crippen LogP contribution is 2.15. The van der Waals surface area contributed by atoms with E-state index in [0.29, 0.717) is 5.69 Å². The molecular formula is C9H14ClNO3S. The Hall–Kier alpha value is -0.780. The molecule has 86 valence electrons. The van der Waals surface area contributed by atoms with Crippen molar-refractivity contribution in [1.82, 2.24) is 0 Å². The van der Waals surface area contributed by atoms with Gasteiger partial charge in [-0.25, -0.2) is 8.42 Å². The summed E-state index contributed by atoms with van der Waals surface area (Å²) in [4.78, 5) is 0. The summed E-state index contributed by atoms with van der Waals surface area (Å²) in [7, 11) is -3.22. The maximum atomic E-state index is 10.9. The highest BCUT2D eigenvalue weighted by atomic mass is 35.5. The van der Waals surface area contributed by atoms with Crippen molar-refractivity contribution in [3.05, 3.63) is 29.8 Å². The van der Waals surface area contributed by atoms with Crippen LogP contribution >= 0.6 is 12.4 Å². The minimum atomic E-state index is -3.22. The van der Waals surface area contributed by atoms with E-state index in [1.165, 1.54) is 0 Å². The van der Waals surface area contributed by atoms with E-state index in [1.807, 2.05) is 0 Å². The van der Waals surface area contributed by atoms with Gasteiger partial charge >= 0.3 is 0 Å². The molecule has 0 radical (unpaired) electrons. The zero-order chi connectivity index (χ0) is 10.8. The number of anilines is 1. The van der Waals surface area contributed by atoms with Gasteiger partial charge in [-0.2, -0.15) is 0 Å². The molecule has 0 aromatic heterocycles. The van der Waals surface area contributed by atoms with E-state index in [4.69, 9.17) is 0 Å². The van der Waals surface area contributed by atoms with Crippen molar-refractivity contribution in [2.24, 2.45) is 0 Å². The standard InChI is InChI=1S/C9H13NO3S.ClH/c1-7(11)8-3-5-9(6-4-8)10-14(2,12)13;/h3-7,10-11H,1-2H3;1H. The number of sulfonamides is 1. The molecule has 1 atom stereocenters. The fourth-order valence-electron chi connectivity index (χ4n) is 1.04. The molecule has 1 unspecified atom stereocenters. The highest BCUT2D eigenvalue weighted by Gasteiger charge is 2.03. The Morgan fingerprint density at radius 2 is 1.73 bits per heavy atom. The van der Waals surface area contributed by atoms with Gasteiger partial charge in [-0.3, -0.25) is 4.72 Å². The van der Waals surface area contributed by atoms with Crippen molar-refractivity contribution in [2.75, 3.05) is 11.0 Å². The molecule has 0 amide bonds. The summed E-state index contributed by atoms with van der Waals surface area (Å²) >= 11 is 0. The van der Waals surface area contributed by atoms with E-state index in [1.54, 1.807) is 31.2 Å². The molecule has 6 heteroatoms. The molecular weight excluding hydrogens is 238 g/mol. The van der Waals surface area contributed by atoms with E-state index < -0.39 is 16.1 Å². The summed E-state index contributed by atoms with van der Waals surface area (Å²) in [5.41, 5.74) is 1.25. The minimum absolute atomic E-state index is 0. The molecule has 1 aromatic rings. The Kier molecular flexibility index (Phi) is 5.07. The van der Waals surface area contributed by atoms with Crippen LogP contribution in [0, 0.1) is 0 Å². The van der Waals surface area contributed by atoms with Crippen molar-refractivity contribution < 1.29 is 13.5 Å². The van der Waals surface area contributed by atoms with Gasteiger partial charge in [0.1, 0.15) is 0 Å². The largest absolute Gasteiger partial charge is 0.389 e. The number of aliphatic hydroxyl groups excluding tert-OH is 1. The molecule has 0 fully saturated rings. The van der Waals surface area contributed by atoms with Gasteiger partial charge in [0.05, 0.1) is 12.4 Å². The van der Waals surface area contributed by atoms with Crippen LogP contribution in [-0.2, 0) is 10.0 Å². The molecule has 0 saturated heterocycles. The normalized spacial score (nSPS) is 12.7. The number of aliphatic hydroxyl groups is 1. The maximum Gasteiger partial charge on any atom is 0.229 e. The van der Waals surface area contributed by atoms with Crippen molar-refractivity contribution >= 4 is 28.1 Å². The summed E-state index contributed by atoms with van der Waals surface area (Å²) in [5.74, 6) is 0. The third kappa shape index (κ3) is 5.01. The lowest BCUT2D eigenvalue weighted by Gasteiger charge is -2.06. The van der Waals surface area contributed by atoms with E-state index in [9.17, 15) is 13.5 Å². The van der Waals surface area contributed by atoms with E-state index >= 15 is 0 Å². The number of nitrogens with one attached hydrogen (secondary N) is 1. The van der Waals surface area contributed by atoms with Crippen LogP contribution in [0.3, 0.4) is 0 Å². The van der Waals surface area contributed by atoms with Crippen LogP contribution in [0.4, 0.5) is 5.69 Å². The number of hydrogen-bond donors (Lipinski definition) is 2. The first-order valence-corrected chi connectivity index (χ1v) is 6.03. The quantitative estimate of drug-likeness (QED) is 0.856. The Bertz CT molecular complexity index is 400. The highest BCUT2D eigenvalue weighted by molar-refractivity contribution is 7.92. The van der Waals surface area contributed by atoms with E-state index in [2.05, 4.69) is 4.72 Å². The third-order valence-corrected chi connectivity index (χ3v) is 2.30. The molecule has 15 heavy (non-hydrogen) atoms. The van der Waals surface area contributed by atoms with E-state index in [0.717, 1.165) is 11.8 Å². The first-order chi connectivity index (χ1) is 6.38. The summed E-state index contributed by atoms with van der Waals surface area (Å²) < 4.78 is 24.1. The van der Waals surface area contributed by atoms with Crippen LogP contribution in [0.15, 0.2) is 24.3 Å². The molecule has 0 aliphatic carbocycles. The van der Waals surface area contributed by atoms with Crippen molar-refractivity contribution in [3.63, 3.8) is 0 Å². The van der Waals surface area contributed by atoms with Gasteiger partial charge in [-0.05, 0) is 24.6 Å². The smallest absolute Gasteiger partial charge is 0.229 e. The van der Waals surface area contributed by atoms with Crippen LogP contribution in [0.25, 0.3) is 0 Å². The van der Waals surface area contributed by atoms with Crippen molar-refractivity contribution in [2.45, 2.75) is 13.0 Å². The zero-order valence-corrected chi connectivity index (χ0v) is 10.1. The zero-order valence-electron chi connectivity index (χ0n) is 8.47. The lowest BCUT2D eigenvalue weighted by Crippen LogP contribution is -2.09. The second-order valence-corrected chi connectivity index (χ2v) is 4.92. The fraction of sp³-hybridized carbons (Fsp3) is 0.333. The Morgan fingerprint density at radius 3 is 2.07 bits per heavy atom. The van der Waals surface area contributed by atoms with Gasteiger partial charge < -0.3 is 5.11 Å². The summed E-state index contributed by atoms with van der Waals surface area (Å²) in [6, 6.07) is 6.59. The molecule has 0 heterocycles. The fourth-order valence-corrected chi connectivity index (χ4v) is 1.61. The molecule has 4 nitrogen and oxygen atoms in total. The van der Waals surface area contributed by atoms with Gasteiger partial charge in [0, 0.05) is 5.69 Å². The molecule has 0 bridgehead atoms. The molecule has 0 aliphatic heterocycles. The van der Waals surface area contributed by atoms with Gasteiger partial charge in [0.2, 0.25) is 10.0 Å². The monoisotopic (exact) mass is 251 g/mol. The molecule has 2 N–H and O–H groups in total. The second-order valence-electron chi connectivity index (χ2n) is 3.17. The SMILES string of the molecule is CC(O)c1ccc(NS(C)(=O)=O)cc1.Cl. The lowest BCUT2D eigenvalue weighted by atomic mass is 10.1. The topological polar surface area (TPSA) is 66.4 Å². The van der Waals surface area contributed by atoms with Gasteiger partial charge in [0.15, 0.2) is 0 Å². The molecule has 0 spiro atoms. The number of benzene rings is 1. The molecule has 1 rings (SSSR count). The number of halogens is 1. The summed E-state index contributed by atoms with van der Waals surface area (Å²) in [5, 5.41) is 9.21. The first-order valence-electron chi connectivity index (χ1n) is 4.14. The van der Waals surface area contributed by atoms with Crippen molar-refractivity contribution in [3.8, 4) is 0 Å². The van der Waals surface area contributed by atoms with Gasteiger partial charge in [-0.15, -0.1) is 12.4 Å². The van der Waals surface area contributed by atoms with Crippen molar-refractivity contribution in [1.29, 1.82) is 0 Å². The van der Waals surface area contributed by atoms with Gasteiger partial charge in [0.25, 0.3) is 0 Å². The predicted molar refractivity (Wildman–Crippen MR) is 62.8 cm³/mol. The molecule has 1 aromatic carbocycles. The summed E-state index contributed by atoms with van der Waals surface area (Å²) in [6.07, 6.45) is 0.553. The average Bonchev–Trinajstić information content (AvgIpc) is 2.02. The Labute approximate surface area is 95.8 Å².